The van der Waals surface area contributed by atoms with E-state index in [0.29, 0.717) is 32.9 Å². The molecular formula is C18H13Cl2NO4. The monoisotopic (exact) mass is 377 g/mol. The van der Waals surface area contributed by atoms with Crippen LogP contribution in [0.4, 0.5) is 0 Å². The van der Waals surface area contributed by atoms with E-state index in [-0.39, 0.29) is 25.9 Å². The van der Waals surface area contributed by atoms with Crippen molar-refractivity contribution in [2.45, 2.75) is 0 Å². The summed E-state index contributed by atoms with van der Waals surface area (Å²) in [5.41, 5.74) is 0.313. The number of carbonyl (C=O) groups is 1. The van der Waals surface area contributed by atoms with Gasteiger partial charge in [0.2, 0.25) is 6.79 Å². The Balaban J connectivity index is 1.45. The number of hydrogen-bond donors (Lipinski definition) is 1. The topological polar surface area (TPSA) is 56.8 Å². The van der Waals surface area contributed by atoms with Crippen molar-refractivity contribution < 1.29 is 19.0 Å². The van der Waals surface area contributed by atoms with Crippen LogP contribution >= 0.6 is 23.2 Å². The average Bonchev–Trinajstić information content (AvgIpc) is 3.07. The molecule has 1 aliphatic rings. The Kier molecular flexibility index (Phi) is 5.54. The summed E-state index contributed by atoms with van der Waals surface area (Å²) >= 11 is 11.8. The van der Waals surface area contributed by atoms with E-state index in [2.05, 4.69) is 17.2 Å². The summed E-state index contributed by atoms with van der Waals surface area (Å²) in [6.07, 6.45) is 0. The van der Waals surface area contributed by atoms with Crippen molar-refractivity contribution in [1.82, 2.24) is 5.32 Å². The van der Waals surface area contributed by atoms with Crippen molar-refractivity contribution in [2.75, 3.05) is 19.9 Å². The van der Waals surface area contributed by atoms with Crippen LogP contribution in [0.1, 0.15) is 10.4 Å². The third-order valence-electron chi connectivity index (χ3n) is 3.29. The second-order valence-corrected chi connectivity index (χ2v) is 5.81. The number of nitrogens with one attached hydrogen (secondary N) is 1. The Morgan fingerprint density at radius 3 is 2.84 bits per heavy atom. The van der Waals surface area contributed by atoms with E-state index >= 15 is 0 Å². The van der Waals surface area contributed by atoms with Gasteiger partial charge in [0.05, 0.1) is 17.1 Å². The minimum Gasteiger partial charge on any atom is -0.481 e. The Morgan fingerprint density at radius 1 is 1.12 bits per heavy atom. The number of halogens is 2. The molecule has 0 atom stereocenters. The lowest BCUT2D eigenvalue weighted by molar-refractivity contribution is 0.0959. The summed E-state index contributed by atoms with van der Waals surface area (Å²) < 4.78 is 16.0. The van der Waals surface area contributed by atoms with Gasteiger partial charge in [0, 0.05) is 11.1 Å². The van der Waals surface area contributed by atoms with Crippen molar-refractivity contribution in [3.63, 3.8) is 0 Å². The van der Waals surface area contributed by atoms with E-state index in [1.807, 2.05) is 0 Å². The molecule has 1 aliphatic heterocycles. The van der Waals surface area contributed by atoms with Crippen molar-refractivity contribution >= 4 is 29.1 Å². The zero-order valence-electron chi connectivity index (χ0n) is 13.0. The molecule has 2 aromatic rings. The second-order valence-electron chi connectivity index (χ2n) is 4.96. The summed E-state index contributed by atoms with van der Waals surface area (Å²) in [6, 6.07) is 10.00. The van der Waals surface area contributed by atoms with Gasteiger partial charge in [-0.25, -0.2) is 0 Å². The van der Waals surface area contributed by atoms with E-state index in [1.165, 1.54) is 6.07 Å². The van der Waals surface area contributed by atoms with Crippen LogP contribution in [0.15, 0.2) is 36.4 Å². The minimum absolute atomic E-state index is 0.173. The van der Waals surface area contributed by atoms with Crippen LogP contribution in [0.3, 0.4) is 0 Å². The van der Waals surface area contributed by atoms with Crippen LogP contribution in [0.2, 0.25) is 10.0 Å². The van der Waals surface area contributed by atoms with Crippen LogP contribution in [-0.2, 0) is 0 Å². The number of fused-ring (bicyclic) bond motifs is 1. The molecule has 0 radical (unpaired) electrons. The zero-order valence-corrected chi connectivity index (χ0v) is 14.5. The lowest BCUT2D eigenvalue weighted by atomic mass is 10.2. The molecule has 0 spiro atoms. The molecule has 0 aliphatic carbocycles. The van der Waals surface area contributed by atoms with Gasteiger partial charge in [-0.2, -0.15) is 0 Å². The van der Waals surface area contributed by atoms with Crippen molar-refractivity contribution in [2.24, 2.45) is 0 Å². The molecule has 2 aromatic carbocycles. The lowest BCUT2D eigenvalue weighted by Crippen LogP contribution is -2.24. The fourth-order valence-electron chi connectivity index (χ4n) is 2.09. The Hall–Kier alpha value is -2.55. The van der Waals surface area contributed by atoms with E-state index in [1.54, 1.807) is 30.3 Å². The number of carbonyl (C=O) groups excluding carboxylic acids is 1. The predicted octanol–water partition coefficient (Wildman–Crippen LogP) is 3.53. The number of benzene rings is 2. The normalized spacial score (nSPS) is 11.4. The molecule has 0 saturated carbocycles. The summed E-state index contributed by atoms with van der Waals surface area (Å²) in [5, 5.41) is 3.43. The number of rotatable bonds is 4. The summed E-state index contributed by atoms with van der Waals surface area (Å²) in [5.74, 6) is 7.26. The van der Waals surface area contributed by atoms with Gasteiger partial charge in [0.1, 0.15) is 12.4 Å². The first kappa shape index (κ1) is 17.3. The highest BCUT2D eigenvalue weighted by molar-refractivity contribution is 6.35. The minimum atomic E-state index is -0.335. The third-order valence-corrected chi connectivity index (χ3v) is 3.86. The lowest BCUT2D eigenvalue weighted by Gasteiger charge is -2.04. The van der Waals surface area contributed by atoms with Crippen LogP contribution < -0.4 is 19.5 Å². The first-order chi connectivity index (χ1) is 12.1. The highest BCUT2D eigenvalue weighted by Crippen LogP contribution is 2.34. The molecular weight excluding hydrogens is 365 g/mol. The van der Waals surface area contributed by atoms with Gasteiger partial charge in [-0.1, -0.05) is 35.0 Å². The standard InChI is InChI=1S/C18H13Cl2NO4/c19-12-3-5-15(20)14(9-12)18(22)21-7-1-2-8-23-13-4-6-16-17(10-13)25-11-24-16/h3-6,9-10H,7-8,11H2,(H,21,22). The van der Waals surface area contributed by atoms with E-state index in [4.69, 9.17) is 37.4 Å². The molecule has 0 saturated heterocycles. The van der Waals surface area contributed by atoms with Gasteiger partial charge in [-0.05, 0) is 30.3 Å². The molecule has 0 aromatic heterocycles. The maximum Gasteiger partial charge on any atom is 0.253 e. The molecule has 0 unspecified atom stereocenters. The molecule has 0 bridgehead atoms. The van der Waals surface area contributed by atoms with Crippen LogP contribution in [-0.4, -0.2) is 25.9 Å². The largest absolute Gasteiger partial charge is 0.481 e. The van der Waals surface area contributed by atoms with Crippen molar-refractivity contribution in [3.05, 3.63) is 52.0 Å². The average molecular weight is 378 g/mol. The van der Waals surface area contributed by atoms with Gasteiger partial charge in [-0.15, -0.1) is 0 Å². The quantitative estimate of drug-likeness (QED) is 0.828. The van der Waals surface area contributed by atoms with Crippen molar-refractivity contribution in [1.29, 1.82) is 0 Å². The fraction of sp³-hybridized carbons (Fsp3) is 0.167. The summed E-state index contributed by atoms with van der Waals surface area (Å²) in [4.78, 5) is 12.0. The first-order valence-corrected chi connectivity index (χ1v) is 8.10. The van der Waals surface area contributed by atoms with Crippen molar-refractivity contribution in [3.8, 4) is 29.1 Å². The molecule has 25 heavy (non-hydrogen) atoms. The molecule has 0 fully saturated rings. The Labute approximate surface area is 154 Å². The van der Waals surface area contributed by atoms with Gasteiger partial charge < -0.3 is 19.5 Å². The summed E-state index contributed by atoms with van der Waals surface area (Å²) in [7, 11) is 0. The molecule has 128 valence electrons. The van der Waals surface area contributed by atoms with Gasteiger partial charge in [0.25, 0.3) is 5.91 Å². The summed E-state index contributed by atoms with van der Waals surface area (Å²) in [6.45, 7) is 0.578. The van der Waals surface area contributed by atoms with Crippen LogP contribution in [0, 0.1) is 11.8 Å². The molecule has 7 heteroatoms. The fourth-order valence-corrected chi connectivity index (χ4v) is 2.47. The zero-order chi connectivity index (χ0) is 17.6. The van der Waals surface area contributed by atoms with E-state index in [9.17, 15) is 4.79 Å². The SMILES string of the molecule is O=C(NCC#CCOc1ccc2c(c1)OCO2)c1cc(Cl)ccc1Cl. The highest BCUT2D eigenvalue weighted by atomic mass is 35.5. The maximum atomic E-state index is 12.0. The molecule has 1 amide bonds. The smallest absolute Gasteiger partial charge is 0.253 e. The molecule has 1 heterocycles. The highest BCUT2D eigenvalue weighted by Gasteiger charge is 2.13. The molecule has 5 nitrogen and oxygen atoms in total. The van der Waals surface area contributed by atoms with Crippen LogP contribution in [0.5, 0.6) is 17.2 Å². The van der Waals surface area contributed by atoms with E-state index < -0.39 is 0 Å². The van der Waals surface area contributed by atoms with E-state index in [0.717, 1.165) is 0 Å². The van der Waals surface area contributed by atoms with Gasteiger partial charge in [0.15, 0.2) is 11.5 Å². The Bertz CT molecular complexity index is 858. The number of amides is 1. The second kappa shape index (κ2) is 8.02. The number of ether oxygens (including phenoxy) is 3. The van der Waals surface area contributed by atoms with Crippen LogP contribution in [0.25, 0.3) is 0 Å². The Morgan fingerprint density at radius 2 is 1.96 bits per heavy atom. The third kappa shape index (κ3) is 4.50. The predicted molar refractivity (Wildman–Crippen MR) is 94.6 cm³/mol. The first-order valence-electron chi connectivity index (χ1n) is 7.35. The van der Waals surface area contributed by atoms with Gasteiger partial charge >= 0.3 is 0 Å². The van der Waals surface area contributed by atoms with Gasteiger partial charge in [-0.3, -0.25) is 4.79 Å². The maximum absolute atomic E-state index is 12.0. The molecule has 1 N–H and O–H groups in total. The number of hydrogen-bond acceptors (Lipinski definition) is 4. The molecule has 3 rings (SSSR count).